The molecule has 140 valence electrons. The topological polar surface area (TPSA) is 38.8 Å². The first-order valence-corrected chi connectivity index (χ1v) is 9.32. The molecule has 0 aromatic heterocycles. The second-order valence-electron chi connectivity index (χ2n) is 7.96. The zero-order chi connectivity index (χ0) is 18.5. The zero-order valence-electron chi connectivity index (χ0n) is 16.4. The third-order valence-electron chi connectivity index (χ3n) is 5.32. The van der Waals surface area contributed by atoms with Crippen molar-refractivity contribution in [1.29, 1.82) is 0 Å². The lowest BCUT2D eigenvalue weighted by Gasteiger charge is -2.46. The predicted octanol–water partition coefficient (Wildman–Crippen LogP) is 3.79. The average Bonchev–Trinajstić information content (AvgIpc) is 2.54. The van der Waals surface area contributed by atoms with Crippen molar-refractivity contribution in [3.05, 3.63) is 35.9 Å². The molecule has 1 saturated heterocycles. The molecule has 0 N–H and O–H groups in total. The third kappa shape index (κ3) is 5.29. The zero-order valence-corrected chi connectivity index (χ0v) is 16.4. The Labute approximate surface area is 152 Å². The van der Waals surface area contributed by atoms with Gasteiger partial charge in [-0.05, 0) is 52.8 Å². The maximum Gasteiger partial charge on any atom is 0.307 e. The molecule has 1 aromatic carbocycles. The quantitative estimate of drug-likeness (QED) is 0.704. The average molecular weight is 347 g/mol. The van der Waals surface area contributed by atoms with Crippen molar-refractivity contribution in [3.63, 3.8) is 0 Å². The van der Waals surface area contributed by atoms with E-state index in [-0.39, 0.29) is 23.1 Å². The van der Waals surface area contributed by atoms with Gasteiger partial charge >= 0.3 is 5.97 Å². The number of nitrogens with zero attached hydrogens (tertiary/aromatic N) is 1. The van der Waals surface area contributed by atoms with Gasteiger partial charge in [0.1, 0.15) is 6.10 Å². The number of likely N-dealkylation sites (N-methyl/N-ethyl adjacent to an activating group) is 1. The van der Waals surface area contributed by atoms with Crippen LogP contribution in [0.3, 0.4) is 0 Å². The van der Waals surface area contributed by atoms with E-state index in [0.29, 0.717) is 13.0 Å². The lowest BCUT2D eigenvalue weighted by atomic mass is 9.66. The van der Waals surface area contributed by atoms with Crippen LogP contribution in [0.2, 0.25) is 0 Å². The van der Waals surface area contributed by atoms with Gasteiger partial charge in [0.15, 0.2) is 0 Å². The molecule has 3 atom stereocenters. The van der Waals surface area contributed by atoms with E-state index in [0.717, 1.165) is 25.8 Å². The Bertz CT molecular complexity index is 560. The highest BCUT2D eigenvalue weighted by Crippen LogP contribution is 2.45. The summed E-state index contributed by atoms with van der Waals surface area (Å²) in [6, 6.07) is 10.4. The normalized spacial score (nSPS) is 27.9. The second-order valence-corrected chi connectivity index (χ2v) is 7.96. The number of carbonyl (C=O) groups excluding carboxylic acids is 1. The second kappa shape index (κ2) is 8.33. The number of hydrogen-bond acceptors (Lipinski definition) is 4. The first-order chi connectivity index (χ1) is 11.8. The Morgan fingerprint density at radius 3 is 2.60 bits per heavy atom. The number of ether oxygens (including phenoxy) is 2. The Kier molecular flexibility index (Phi) is 6.64. The van der Waals surface area contributed by atoms with Gasteiger partial charge in [0.2, 0.25) is 0 Å². The van der Waals surface area contributed by atoms with Gasteiger partial charge in [0, 0.05) is 18.6 Å². The van der Waals surface area contributed by atoms with Crippen LogP contribution >= 0.6 is 0 Å². The largest absolute Gasteiger partial charge is 0.461 e. The van der Waals surface area contributed by atoms with Crippen LogP contribution in [0.15, 0.2) is 30.3 Å². The SMILES string of the molecule is CCC1(C)CC(CC(=O)OC(C)CN(C)C)(c2ccccc2)CCO1. The summed E-state index contributed by atoms with van der Waals surface area (Å²) in [5.41, 5.74) is 0.818. The van der Waals surface area contributed by atoms with E-state index in [2.05, 4.69) is 38.1 Å². The smallest absolute Gasteiger partial charge is 0.307 e. The lowest BCUT2D eigenvalue weighted by molar-refractivity contribution is -0.154. The van der Waals surface area contributed by atoms with Gasteiger partial charge in [-0.2, -0.15) is 0 Å². The van der Waals surface area contributed by atoms with Crippen LogP contribution in [-0.2, 0) is 19.7 Å². The van der Waals surface area contributed by atoms with Gasteiger partial charge < -0.3 is 14.4 Å². The molecule has 0 radical (unpaired) electrons. The minimum atomic E-state index is -0.209. The van der Waals surface area contributed by atoms with Gasteiger partial charge in [-0.1, -0.05) is 37.3 Å². The van der Waals surface area contributed by atoms with Crippen LogP contribution in [0.1, 0.15) is 52.0 Å². The van der Waals surface area contributed by atoms with Crippen LogP contribution in [0.4, 0.5) is 0 Å². The summed E-state index contributed by atoms with van der Waals surface area (Å²) in [4.78, 5) is 14.7. The van der Waals surface area contributed by atoms with Crippen molar-refractivity contribution < 1.29 is 14.3 Å². The molecule has 1 aliphatic heterocycles. The van der Waals surface area contributed by atoms with Gasteiger partial charge in [0.25, 0.3) is 0 Å². The molecule has 0 bridgehead atoms. The highest BCUT2D eigenvalue weighted by molar-refractivity contribution is 5.72. The molecular formula is C21H33NO3. The Balaban J connectivity index is 2.20. The Morgan fingerprint density at radius 2 is 2.00 bits per heavy atom. The summed E-state index contributed by atoms with van der Waals surface area (Å²) in [6.07, 6.45) is 2.94. The number of hydrogen-bond donors (Lipinski definition) is 0. The highest BCUT2D eigenvalue weighted by atomic mass is 16.5. The molecule has 25 heavy (non-hydrogen) atoms. The van der Waals surface area contributed by atoms with Crippen molar-refractivity contribution in [2.24, 2.45) is 0 Å². The molecule has 4 nitrogen and oxygen atoms in total. The maximum atomic E-state index is 12.7. The van der Waals surface area contributed by atoms with Gasteiger partial charge in [-0.15, -0.1) is 0 Å². The summed E-state index contributed by atoms with van der Waals surface area (Å²) in [5, 5.41) is 0. The summed E-state index contributed by atoms with van der Waals surface area (Å²) in [5.74, 6) is -0.112. The molecule has 1 aliphatic rings. The van der Waals surface area contributed by atoms with E-state index < -0.39 is 0 Å². The molecule has 0 spiro atoms. The van der Waals surface area contributed by atoms with E-state index in [9.17, 15) is 4.79 Å². The number of esters is 1. The minimum Gasteiger partial charge on any atom is -0.461 e. The van der Waals surface area contributed by atoms with Crippen molar-refractivity contribution in [3.8, 4) is 0 Å². The summed E-state index contributed by atoms with van der Waals surface area (Å²) < 4.78 is 11.7. The lowest BCUT2D eigenvalue weighted by Crippen LogP contribution is -2.47. The van der Waals surface area contributed by atoms with Gasteiger partial charge in [-0.3, -0.25) is 4.79 Å². The Morgan fingerprint density at radius 1 is 1.32 bits per heavy atom. The number of benzene rings is 1. The van der Waals surface area contributed by atoms with Crippen molar-refractivity contribution >= 4 is 5.97 Å². The molecule has 0 aliphatic carbocycles. The standard InChI is InChI=1S/C21H33NO3/c1-6-20(3)16-21(12-13-24-20,18-10-8-7-9-11-18)14-19(23)25-17(2)15-22(4)5/h7-11,17H,6,12-16H2,1-5H3. The molecule has 4 heteroatoms. The van der Waals surface area contributed by atoms with Crippen LogP contribution in [0, 0.1) is 0 Å². The molecular weight excluding hydrogens is 314 g/mol. The van der Waals surface area contributed by atoms with Crippen molar-refractivity contribution in [2.75, 3.05) is 27.2 Å². The van der Waals surface area contributed by atoms with E-state index in [4.69, 9.17) is 9.47 Å². The molecule has 1 heterocycles. The third-order valence-corrected chi connectivity index (χ3v) is 5.32. The molecule has 1 aromatic rings. The molecule has 2 rings (SSSR count). The van der Waals surface area contributed by atoms with E-state index in [1.807, 2.05) is 32.0 Å². The van der Waals surface area contributed by atoms with Crippen LogP contribution in [-0.4, -0.2) is 49.8 Å². The van der Waals surface area contributed by atoms with Crippen LogP contribution in [0.5, 0.6) is 0 Å². The van der Waals surface area contributed by atoms with Gasteiger partial charge in [-0.25, -0.2) is 0 Å². The molecule has 0 saturated carbocycles. The Hall–Kier alpha value is -1.39. The first-order valence-electron chi connectivity index (χ1n) is 9.32. The molecule has 3 unspecified atom stereocenters. The predicted molar refractivity (Wildman–Crippen MR) is 101 cm³/mol. The fourth-order valence-corrected chi connectivity index (χ4v) is 3.96. The summed E-state index contributed by atoms with van der Waals surface area (Å²) >= 11 is 0. The van der Waals surface area contributed by atoms with Gasteiger partial charge in [0.05, 0.1) is 12.0 Å². The van der Waals surface area contributed by atoms with E-state index in [1.165, 1.54) is 5.56 Å². The van der Waals surface area contributed by atoms with E-state index in [1.54, 1.807) is 0 Å². The monoisotopic (exact) mass is 347 g/mol. The van der Waals surface area contributed by atoms with Crippen LogP contribution in [0.25, 0.3) is 0 Å². The fourth-order valence-electron chi connectivity index (χ4n) is 3.96. The van der Waals surface area contributed by atoms with Crippen LogP contribution < -0.4 is 0 Å². The highest BCUT2D eigenvalue weighted by Gasteiger charge is 2.45. The number of carbonyl (C=O) groups is 1. The minimum absolute atomic E-state index is 0.104. The van der Waals surface area contributed by atoms with E-state index >= 15 is 0 Å². The van der Waals surface area contributed by atoms with Crippen molar-refractivity contribution in [2.45, 2.75) is 63.6 Å². The molecule has 1 fully saturated rings. The van der Waals surface area contributed by atoms with Crippen molar-refractivity contribution in [1.82, 2.24) is 4.90 Å². The summed E-state index contributed by atoms with van der Waals surface area (Å²) in [7, 11) is 3.97. The first kappa shape index (κ1) is 19.9. The summed E-state index contributed by atoms with van der Waals surface area (Å²) in [6.45, 7) is 7.68. The maximum absolute atomic E-state index is 12.7. The molecule has 0 amide bonds. The fraction of sp³-hybridized carbons (Fsp3) is 0.667. The number of rotatable bonds is 7.